The monoisotopic (exact) mass is 456 g/mol. The van der Waals surface area contributed by atoms with E-state index < -0.39 is 0 Å². The zero-order valence-corrected chi connectivity index (χ0v) is 20.1. The number of carbonyl (C=O) groups excluding carboxylic acids is 2. The van der Waals surface area contributed by atoms with Crippen LogP contribution in [-0.4, -0.2) is 45.0 Å². The van der Waals surface area contributed by atoms with E-state index in [1.165, 1.54) is 0 Å². The molecule has 0 spiro atoms. The molecule has 1 aliphatic carbocycles. The first-order valence-corrected chi connectivity index (χ1v) is 11.1. The number of carbonyl (C=O) groups is 2. The van der Waals surface area contributed by atoms with Gasteiger partial charge in [0.15, 0.2) is 5.78 Å². The van der Waals surface area contributed by atoms with Gasteiger partial charge < -0.3 is 10.6 Å². The van der Waals surface area contributed by atoms with E-state index in [1.54, 1.807) is 30.3 Å². The zero-order chi connectivity index (χ0) is 24.4. The van der Waals surface area contributed by atoms with Gasteiger partial charge in [-0.1, -0.05) is 11.6 Å². The molecule has 4 rings (SSSR count). The number of rotatable bonds is 6. The van der Waals surface area contributed by atoms with Crippen LogP contribution in [0.4, 0.5) is 5.95 Å². The number of nitrogens with zero attached hydrogens (tertiary/aromatic N) is 4. The number of allylic oxidation sites excluding steroid dienone is 3. The van der Waals surface area contributed by atoms with Crippen LogP contribution in [0.1, 0.15) is 36.2 Å². The molecule has 0 fully saturated rings. The van der Waals surface area contributed by atoms with E-state index in [9.17, 15) is 9.59 Å². The summed E-state index contributed by atoms with van der Waals surface area (Å²) in [6.07, 6.45) is 7.57. The molecular weight excluding hydrogens is 428 g/mol. The first kappa shape index (κ1) is 23.1. The van der Waals surface area contributed by atoms with Gasteiger partial charge in [0.05, 0.1) is 5.69 Å². The Kier molecular flexibility index (Phi) is 6.40. The lowest BCUT2D eigenvalue weighted by Crippen LogP contribution is -2.30. The fraction of sp³-hybridized carbons (Fsp3) is 0.269. The Morgan fingerprint density at radius 3 is 2.47 bits per heavy atom. The summed E-state index contributed by atoms with van der Waals surface area (Å²) in [5, 5.41) is 10.2. The summed E-state index contributed by atoms with van der Waals surface area (Å²) in [6.45, 7) is 5.96. The lowest BCUT2D eigenvalue weighted by molar-refractivity contribution is -0.115. The van der Waals surface area contributed by atoms with E-state index in [-0.39, 0.29) is 18.2 Å². The van der Waals surface area contributed by atoms with Gasteiger partial charge in [-0.15, -0.1) is 0 Å². The van der Waals surface area contributed by atoms with Crippen molar-refractivity contribution in [3.05, 3.63) is 70.7 Å². The van der Waals surface area contributed by atoms with Crippen molar-refractivity contribution in [2.75, 3.05) is 18.9 Å². The Bertz CT molecular complexity index is 1330. The lowest BCUT2D eigenvalue weighted by Gasteiger charge is -2.18. The van der Waals surface area contributed by atoms with Crippen LogP contribution in [0.15, 0.2) is 59.6 Å². The van der Waals surface area contributed by atoms with Crippen molar-refractivity contribution >= 4 is 17.6 Å². The molecule has 0 bridgehead atoms. The standard InChI is InChI=1S/C26H28N6O2/c1-15-8-16(2)22(24(33)9-15)14-28-25(34)21-11-18(19-12-29-26(27-4)30-13-19)10-20(17(21)3)23-6-7-31-32(23)5/h6-8,10-13H,9,14H2,1-5H3,(H,28,34)(H,27,29,30). The maximum absolute atomic E-state index is 13.4. The van der Waals surface area contributed by atoms with E-state index in [4.69, 9.17) is 0 Å². The third-order valence-corrected chi connectivity index (χ3v) is 6.10. The SMILES string of the molecule is CNc1ncc(-c2cc(C(=O)NCC3=C(C)C=C(C)CC3=O)c(C)c(-c3ccnn3C)c2)cn1. The molecule has 2 aromatic heterocycles. The smallest absolute Gasteiger partial charge is 0.251 e. The number of amides is 1. The summed E-state index contributed by atoms with van der Waals surface area (Å²) in [7, 11) is 3.63. The molecule has 8 heteroatoms. The molecule has 8 nitrogen and oxygen atoms in total. The van der Waals surface area contributed by atoms with Gasteiger partial charge >= 0.3 is 0 Å². The number of Topliss-reactive ketones (excluding diaryl/α,β-unsaturated/α-hetero) is 1. The molecule has 34 heavy (non-hydrogen) atoms. The van der Waals surface area contributed by atoms with Crippen molar-refractivity contribution in [3.63, 3.8) is 0 Å². The second kappa shape index (κ2) is 9.43. The number of aryl methyl sites for hydroxylation is 1. The van der Waals surface area contributed by atoms with E-state index in [2.05, 4.69) is 25.7 Å². The first-order chi connectivity index (χ1) is 16.3. The van der Waals surface area contributed by atoms with Crippen molar-refractivity contribution in [1.29, 1.82) is 0 Å². The van der Waals surface area contributed by atoms with Gasteiger partial charge in [-0.2, -0.15) is 5.10 Å². The van der Waals surface area contributed by atoms with Gasteiger partial charge in [0.2, 0.25) is 5.95 Å². The lowest BCUT2D eigenvalue weighted by atomic mass is 9.92. The Morgan fingerprint density at radius 1 is 1.12 bits per heavy atom. The Labute approximate surface area is 198 Å². The summed E-state index contributed by atoms with van der Waals surface area (Å²) >= 11 is 0. The first-order valence-electron chi connectivity index (χ1n) is 11.1. The minimum absolute atomic E-state index is 0.0561. The summed E-state index contributed by atoms with van der Waals surface area (Å²) < 4.78 is 1.78. The largest absolute Gasteiger partial charge is 0.357 e. The predicted molar refractivity (Wildman–Crippen MR) is 132 cm³/mol. The molecule has 0 aliphatic heterocycles. The van der Waals surface area contributed by atoms with Crippen LogP contribution in [-0.2, 0) is 11.8 Å². The highest BCUT2D eigenvalue weighted by Gasteiger charge is 2.21. The van der Waals surface area contributed by atoms with Crippen LogP contribution >= 0.6 is 0 Å². The molecule has 2 N–H and O–H groups in total. The number of hydrogen-bond donors (Lipinski definition) is 2. The van der Waals surface area contributed by atoms with Crippen LogP contribution in [0.25, 0.3) is 22.4 Å². The van der Waals surface area contributed by atoms with E-state index in [1.807, 2.05) is 52.1 Å². The van der Waals surface area contributed by atoms with Crippen LogP contribution in [0, 0.1) is 6.92 Å². The third kappa shape index (κ3) is 4.52. The summed E-state index contributed by atoms with van der Waals surface area (Å²) in [5.74, 6) is 0.335. The molecule has 0 saturated heterocycles. The number of anilines is 1. The second-order valence-electron chi connectivity index (χ2n) is 8.52. The molecule has 0 atom stereocenters. The average molecular weight is 457 g/mol. The Hall–Kier alpha value is -4.07. The van der Waals surface area contributed by atoms with E-state index in [0.29, 0.717) is 23.5 Å². The summed E-state index contributed by atoms with van der Waals surface area (Å²) in [5.41, 5.74) is 7.33. The van der Waals surface area contributed by atoms with Crippen LogP contribution < -0.4 is 10.6 Å². The molecular formula is C26H28N6O2. The van der Waals surface area contributed by atoms with E-state index in [0.717, 1.165) is 39.1 Å². The molecule has 1 amide bonds. The second-order valence-corrected chi connectivity index (χ2v) is 8.52. The van der Waals surface area contributed by atoms with Crippen LogP contribution in [0.2, 0.25) is 0 Å². The van der Waals surface area contributed by atoms with Gasteiger partial charge in [-0.05, 0) is 55.7 Å². The summed E-state index contributed by atoms with van der Waals surface area (Å²) in [6, 6.07) is 5.78. The minimum Gasteiger partial charge on any atom is -0.357 e. The zero-order valence-electron chi connectivity index (χ0n) is 20.1. The van der Waals surface area contributed by atoms with Gasteiger partial charge in [0.1, 0.15) is 0 Å². The summed E-state index contributed by atoms with van der Waals surface area (Å²) in [4.78, 5) is 34.5. The molecule has 1 aromatic carbocycles. The fourth-order valence-electron chi connectivity index (χ4n) is 4.22. The molecule has 0 radical (unpaired) electrons. The highest BCUT2D eigenvalue weighted by Crippen LogP contribution is 2.32. The molecule has 2 heterocycles. The van der Waals surface area contributed by atoms with Gasteiger partial charge in [-0.25, -0.2) is 9.97 Å². The van der Waals surface area contributed by atoms with Crippen molar-refractivity contribution in [3.8, 4) is 22.4 Å². The average Bonchev–Trinajstić information content (AvgIpc) is 3.24. The maximum Gasteiger partial charge on any atom is 0.251 e. The number of nitrogens with one attached hydrogen (secondary N) is 2. The van der Waals surface area contributed by atoms with Crippen LogP contribution in [0.3, 0.4) is 0 Å². The van der Waals surface area contributed by atoms with Crippen molar-refractivity contribution in [1.82, 2.24) is 25.1 Å². The molecule has 1 aliphatic rings. The van der Waals surface area contributed by atoms with Crippen molar-refractivity contribution < 1.29 is 9.59 Å². The third-order valence-electron chi connectivity index (χ3n) is 6.10. The van der Waals surface area contributed by atoms with Crippen molar-refractivity contribution in [2.24, 2.45) is 7.05 Å². The number of aromatic nitrogens is 4. The maximum atomic E-state index is 13.4. The topological polar surface area (TPSA) is 102 Å². The molecule has 174 valence electrons. The molecule has 0 unspecified atom stereocenters. The minimum atomic E-state index is -0.241. The van der Waals surface area contributed by atoms with E-state index >= 15 is 0 Å². The predicted octanol–water partition coefficient (Wildman–Crippen LogP) is 3.86. The quantitative estimate of drug-likeness (QED) is 0.584. The normalized spacial score (nSPS) is 13.7. The van der Waals surface area contributed by atoms with Gasteiger partial charge in [-0.3, -0.25) is 14.3 Å². The van der Waals surface area contributed by atoms with Crippen molar-refractivity contribution in [2.45, 2.75) is 27.2 Å². The van der Waals surface area contributed by atoms with Gasteiger partial charge in [0.25, 0.3) is 5.91 Å². The highest BCUT2D eigenvalue weighted by atomic mass is 16.2. The van der Waals surface area contributed by atoms with Crippen LogP contribution in [0.5, 0.6) is 0 Å². The Balaban J connectivity index is 1.73. The number of benzene rings is 1. The Morgan fingerprint density at radius 2 is 1.85 bits per heavy atom. The fourth-order valence-corrected chi connectivity index (χ4v) is 4.22. The number of ketones is 1. The molecule has 0 saturated carbocycles. The number of hydrogen-bond acceptors (Lipinski definition) is 6. The van der Waals surface area contributed by atoms with Gasteiger partial charge in [0, 0.05) is 67.9 Å². The molecule has 3 aromatic rings. The highest BCUT2D eigenvalue weighted by molar-refractivity contribution is 6.02.